The van der Waals surface area contributed by atoms with Crippen LogP contribution < -0.4 is 10.2 Å². The third-order valence-corrected chi connectivity index (χ3v) is 8.89. The van der Waals surface area contributed by atoms with Gasteiger partial charge in [0.2, 0.25) is 0 Å². The standard InChI is InChI=1S/C33H31N3O4S/c1-3-40-33(39)29-19-23-16-17-36(28-11-7-5-9-25(28)30(23)41-29)32(38)21-12-14-24(15-13-21)35-31(37)26-18-22-8-4-6-10-27(22)34-20(26)2/h5,7,9,11-15,18-19H,3-4,6,8,10,16-17H2,1-2H3,(H,35,37). The van der Waals surface area contributed by atoms with Gasteiger partial charge in [-0.2, -0.15) is 0 Å². The quantitative estimate of drug-likeness (QED) is 0.275. The van der Waals surface area contributed by atoms with Crippen LogP contribution in [0.2, 0.25) is 0 Å². The summed E-state index contributed by atoms with van der Waals surface area (Å²) in [7, 11) is 0. The van der Waals surface area contributed by atoms with Gasteiger partial charge in [-0.1, -0.05) is 18.2 Å². The van der Waals surface area contributed by atoms with Crippen molar-refractivity contribution < 1.29 is 19.1 Å². The van der Waals surface area contributed by atoms with Gasteiger partial charge in [0, 0.05) is 33.9 Å². The summed E-state index contributed by atoms with van der Waals surface area (Å²) in [5.74, 6) is -0.635. The predicted molar refractivity (Wildman–Crippen MR) is 161 cm³/mol. The minimum Gasteiger partial charge on any atom is -0.462 e. The lowest BCUT2D eigenvalue weighted by Crippen LogP contribution is -2.32. The summed E-state index contributed by atoms with van der Waals surface area (Å²) < 4.78 is 5.21. The van der Waals surface area contributed by atoms with E-state index in [1.807, 2.05) is 43.3 Å². The molecule has 7 nitrogen and oxygen atoms in total. The molecule has 0 bridgehead atoms. The number of benzene rings is 2. The minimum absolute atomic E-state index is 0.120. The number of fused-ring (bicyclic) bond motifs is 4. The number of pyridine rings is 1. The molecule has 41 heavy (non-hydrogen) atoms. The highest BCUT2D eigenvalue weighted by atomic mass is 32.1. The zero-order valence-electron chi connectivity index (χ0n) is 23.2. The molecule has 4 aromatic rings. The molecule has 0 fully saturated rings. The number of carbonyl (C=O) groups is 3. The van der Waals surface area contributed by atoms with Gasteiger partial charge in [-0.3, -0.25) is 14.6 Å². The Morgan fingerprint density at radius 1 is 0.976 bits per heavy atom. The maximum Gasteiger partial charge on any atom is 0.348 e. The number of para-hydroxylation sites is 1. The second kappa shape index (κ2) is 11.3. The summed E-state index contributed by atoms with van der Waals surface area (Å²) in [5.41, 5.74) is 7.51. The van der Waals surface area contributed by atoms with Gasteiger partial charge in [-0.25, -0.2) is 4.79 Å². The maximum atomic E-state index is 13.7. The molecule has 1 aliphatic carbocycles. The lowest BCUT2D eigenvalue weighted by atomic mass is 9.94. The number of aromatic nitrogens is 1. The highest BCUT2D eigenvalue weighted by molar-refractivity contribution is 7.17. The number of rotatable bonds is 5. The molecular formula is C33H31N3O4S. The fraction of sp³-hybridized carbons (Fsp3) is 0.273. The number of anilines is 2. The highest BCUT2D eigenvalue weighted by Gasteiger charge is 2.28. The molecule has 6 rings (SSSR count). The normalized spacial score (nSPS) is 13.9. The van der Waals surface area contributed by atoms with E-state index in [0.717, 1.165) is 64.3 Å². The van der Waals surface area contributed by atoms with Gasteiger partial charge in [-0.05, 0) is 99.5 Å². The molecule has 0 unspecified atom stereocenters. The number of esters is 1. The maximum absolute atomic E-state index is 13.7. The SMILES string of the molecule is CCOC(=O)c1cc2c(s1)-c1ccccc1N(C(=O)c1ccc(NC(=O)c3cc4c(nc3C)CCCC4)cc1)CC2. The number of carbonyl (C=O) groups excluding carboxylic acids is 3. The summed E-state index contributed by atoms with van der Waals surface area (Å²) in [5, 5.41) is 2.97. The van der Waals surface area contributed by atoms with E-state index in [2.05, 4.69) is 5.32 Å². The van der Waals surface area contributed by atoms with E-state index in [1.54, 1.807) is 36.1 Å². The molecule has 1 N–H and O–H groups in total. The zero-order valence-corrected chi connectivity index (χ0v) is 24.0. The first-order valence-corrected chi connectivity index (χ1v) is 14.9. The van der Waals surface area contributed by atoms with Crippen LogP contribution in [0.4, 0.5) is 11.4 Å². The molecule has 8 heteroatoms. The van der Waals surface area contributed by atoms with Crippen LogP contribution in [-0.2, 0) is 24.0 Å². The predicted octanol–water partition coefficient (Wildman–Crippen LogP) is 6.63. The van der Waals surface area contributed by atoms with Crippen molar-refractivity contribution in [2.45, 2.75) is 46.0 Å². The van der Waals surface area contributed by atoms with Crippen LogP contribution in [-0.4, -0.2) is 35.9 Å². The Hall–Kier alpha value is -4.30. The number of ether oxygens (including phenoxy) is 1. The first kappa shape index (κ1) is 26.9. The largest absolute Gasteiger partial charge is 0.462 e. The van der Waals surface area contributed by atoms with Crippen LogP contribution >= 0.6 is 11.3 Å². The Kier molecular flexibility index (Phi) is 7.41. The number of thiophene rings is 1. The van der Waals surface area contributed by atoms with Crippen LogP contribution in [0.25, 0.3) is 10.4 Å². The van der Waals surface area contributed by atoms with Gasteiger partial charge in [-0.15, -0.1) is 11.3 Å². The van der Waals surface area contributed by atoms with Crippen molar-refractivity contribution in [3.8, 4) is 10.4 Å². The molecule has 0 saturated carbocycles. The minimum atomic E-state index is -0.318. The van der Waals surface area contributed by atoms with Crippen molar-refractivity contribution in [2.24, 2.45) is 0 Å². The van der Waals surface area contributed by atoms with Crippen LogP contribution in [0.1, 0.15) is 72.7 Å². The molecule has 0 saturated heterocycles. The summed E-state index contributed by atoms with van der Waals surface area (Å²) in [6.45, 7) is 4.48. The van der Waals surface area contributed by atoms with E-state index in [-0.39, 0.29) is 17.8 Å². The van der Waals surface area contributed by atoms with Crippen LogP contribution in [0.5, 0.6) is 0 Å². The molecule has 1 aliphatic heterocycles. The van der Waals surface area contributed by atoms with Crippen molar-refractivity contribution in [1.29, 1.82) is 0 Å². The number of nitrogens with zero attached hydrogens (tertiary/aromatic N) is 2. The van der Waals surface area contributed by atoms with E-state index in [4.69, 9.17) is 9.72 Å². The lowest BCUT2D eigenvalue weighted by molar-refractivity contribution is 0.0531. The van der Waals surface area contributed by atoms with E-state index in [1.165, 1.54) is 11.3 Å². The summed E-state index contributed by atoms with van der Waals surface area (Å²) in [6.07, 6.45) is 4.81. The number of hydrogen-bond acceptors (Lipinski definition) is 6. The topological polar surface area (TPSA) is 88.6 Å². The summed E-state index contributed by atoms with van der Waals surface area (Å²) in [6, 6.07) is 18.7. The molecule has 2 aliphatic rings. The van der Waals surface area contributed by atoms with E-state index in [9.17, 15) is 14.4 Å². The Labute approximate surface area is 243 Å². The van der Waals surface area contributed by atoms with Crippen LogP contribution in [0.3, 0.4) is 0 Å². The average Bonchev–Trinajstić information content (AvgIpc) is 3.35. The number of hydrogen-bond donors (Lipinski definition) is 1. The Balaban J connectivity index is 1.21. The molecule has 3 heterocycles. The first-order chi connectivity index (χ1) is 19.9. The molecule has 2 amide bonds. The Morgan fingerprint density at radius 2 is 1.76 bits per heavy atom. The summed E-state index contributed by atoms with van der Waals surface area (Å²) >= 11 is 1.41. The van der Waals surface area contributed by atoms with E-state index >= 15 is 0 Å². The Bertz CT molecular complexity index is 1660. The fourth-order valence-electron chi connectivity index (χ4n) is 5.63. The number of nitrogens with one attached hydrogen (secondary N) is 1. The number of amides is 2. The number of aryl methyl sites for hydroxylation is 3. The molecule has 0 radical (unpaired) electrons. The molecule has 0 atom stereocenters. The van der Waals surface area contributed by atoms with Crippen molar-refractivity contribution >= 4 is 40.5 Å². The molecule has 2 aromatic heterocycles. The van der Waals surface area contributed by atoms with Gasteiger partial charge >= 0.3 is 5.97 Å². The van der Waals surface area contributed by atoms with Crippen molar-refractivity contribution in [1.82, 2.24) is 4.98 Å². The van der Waals surface area contributed by atoms with Gasteiger partial charge in [0.15, 0.2) is 0 Å². The van der Waals surface area contributed by atoms with E-state index < -0.39 is 0 Å². The van der Waals surface area contributed by atoms with Crippen molar-refractivity contribution in [2.75, 3.05) is 23.4 Å². The second-order valence-electron chi connectivity index (χ2n) is 10.4. The van der Waals surface area contributed by atoms with Crippen LogP contribution in [0, 0.1) is 6.92 Å². The van der Waals surface area contributed by atoms with Gasteiger partial charge < -0.3 is 15.0 Å². The van der Waals surface area contributed by atoms with Gasteiger partial charge in [0.1, 0.15) is 4.88 Å². The lowest BCUT2D eigenvalue weighted by Gasteiger charge is -2.23. The smallest absolute Gasteiger partial charge is 0.348 e. The van der Waals surface area contributed by atoms with Crippen molar-refractivity contribution in [3.63, 3.8) is 0 Å². The monoisotopic (exact) mass is 565 g/mol. The zero-order chi connectivity index (χ0) is 28.5. The van der Waals surface area contributed by atoms with Gasteiger partial charge in [0.05, 0.1) is 23.6 Å². The average molecular weight is 566 g/mol. The van der Waals surface area contributed by atoms with E-state index in [0.29, 0.717) is 41.3 Å². The Morgan fingerprint density at radius 3 is 2.56 bits per heavy atom. The van der Waals surface area contributed by atoms with Crippen LogP contribution in [0.15, 0.2) is 60.7 Å². The molecule has 208 valence electrons. The van der Waals surface area contributed by atoms with Gasteiger partial charge in [0.25, 0.3) is 11.8 Å². The highest BCUT2D eigenvalue weighted by Crippen LogP contribution is 2.42. The molecule has 0 spiro atoms. The first-order valence-electron chi connectivity index (χ1n) is 14.0. The third-order valence-electron chi connectivity index (χ3n) is 7.70. The second-order valence-corrected chi connectivity index (χ2v) is 11.4. The van der Waals surface area contributed by atoms with Crippen molar-refractivity contribution in [3.05, 3.63) is 99.2 Å². The molecule has 2 aromatic carbocycles. The third kappa shape index (κ3) is 5.27. The summed E-state index contributed by atoms with van der Waals surface area (Å²) in [4.78, 5) is 47.2. The molecular weight excluding hydrogens is 534 g/mol. The fourth-order valence-corrected chi connectivity index (χ4v) is 6.77.